The fourth-order valence-corrected chi connectivity index (χ4v) is 3.37. The second kappa shape index (κ2) is 6.22. The van der Waals surface area contributed by atoms with Crippen molar-refractivity contribution in [3.63, 3.8) is 0 Å². The molecule has 1 aromatic heterocycles. The molecule has 0 amide bonds. The van der Waals surface area contributed by atoms with Crippen molar-refractivity contribution in [1.82, 2.24) is 20.4 Å². The highest BCUT2D eigenvalue weighted by Gasteiger charge is 2.25. The van der Waals surface area contributed by atoms with Gasteiger partial charge < -0.3 is 14.7 Å². The van der Waals surface area contributed by atoms with Crippen molar-refractivity contribution in [1.29, 1.82) is 0 Å². The van der Waals surface area contributed by atoms with E-state index in [1.54, 1.807) is 0 Å². The zero-order chi connectivity index (χ0) is 13.9. The van der Waals surface area contributed by atoms with E-state index in [1.807, 2.05) is 0 Å². The second-order valence-electron chi connectivity index (χ2n) is 6.44. The second-order valence-corrected chi connectivity index (χ2v) is 6.44. The van der Waals surface area contributed by atoms with Crippen molar-refractivity contribution in [3.8, 4) is 0 Å². The lowest BCUT2D eigenvalue weighted by atomic mass is 10.0. The summed E-state index contributed by atoms with van der Waals surface area (Å²) in [4.78, 5) is 7.00. The van der Waals surface area contributed by atoms with Crippen molar-refractivity contribution < 1.29 is 4.52 Å². The third-order valence-electron chi connectivity index (χ3n) is 4.75. The first-order valence-corrected chi connectivity index (χ1v) is 8.00. The molecule has 1 unspecified atom stereocenters. The molecule has 1 saturated carbocycles. The number of piperidine rings is 1. The van der Waals surface area contributed by atoms with Crippen molar-refractivity contribution in [3.05, 3.63) is 11.7 Å². The van der Waals surface area contributed by atoms with Gasteiger partial charge in [0, 0.05) is 12.0 Å². The monoisotopic (exact) mass is 278 g/mol. The van der Waals surface area contributed by atoms with E-state index in [1.165, 1.54) is 51.6 Å². The molecule has 5 nitrogen and oxygen atoms in total. The average molecular weight is 278 g/mol. The molecule has 5 heteroatoms. The van der Waals surface area contributed by atoms with Crippen molar-refractivity contribution >= 4 is 0 Å². The molecule has 1 aliphatic carbocycles. The van der Waals surface area contributed by atoms with Gasteiger partial charge in [0.15, 0.2) is 5.82 Å². The Labute approximate surface area is 121 Å². The fraction of sp³-hybridized carbons (Fsp3) is 0.867. The third-order valence-corrected chi connectivity index (χ3v) is 4.75. The quantitative estimate of drug-likeness (QED) is 0.917. The first-order valence-electron chi connectivity index (χ1n) is 8.00. The summed E-state index contributed by atoms with van der Waals surface area (Å²) >= 11 is 0. The Kier molecular flexibility index (Phi) is 4.36. The molecular weight excluding hydrogens is 252 g/mol. The topological polar surface area (TPSA) is 54.2 Å². The van der Waals surface area contributed by atoms with Crippen LogP contribution in [0.3, 0.4) is 0 Å². The number of hydrogen-bond donors (Lipinski definition) is 1. The molecule has 0 bridgehead atoms. The molecule has 0 aromatic carbocycles. The Bertz CT molecular complexity index is 419. The van der Waals surface area contributed by atoms with Gasteiger partial charge in [0.1, 0.15) is 0 Å². The van der Waals surface area contributed by atoms with Crippen LogP contribution in [0.2, 0.25) is 0 Å². The van der Waals surface area contributed by atoms with Gasteiger partial charge in [0.05, 0.1) is 6.04 Å². The SMILES string of the molecule is CC(NC1CCN(C)CC1)c1nc(C2CCCC2)no1. The van der Waals surface area contributed by atoms with Gasteiger partial charge in [-0.25, -0.2) is 0 Å². The largest absolute Gasteiger partial charge is 0.338 e. The van der Waals surface area contributed by atoms with E-state index in [-0.39, 0.29) is 6.04 Å². The van der Waals surface area contributed by atoms with E-state index in [2.05, 4.69) is 34.3 Å². The molecule has 2 fully saturated rings. The number of rotatable bonds is 4. The van der Waals surface area contributed by atoms with Crippen LogP contribution in [0.15, 0.2) is 4.52 Å². The summed E-state index contributed by atoms with van der Waals surface area (Å²) in [5, 5.41) is 7.83. The van der Waals surface area contributed by atoms with Crippen LogP contribution >= 0.6 is 0 Å². The lowest BCUT2D eigenvalue weighted by Crippen LogP contribution is -2.41. The molecule has 1 aliphatic heterocycles. The zero-order valence-electron chi connectivity index (χ0n) is 12.6. The molecule has 0 spiro atoms. The summed E-state index contributed by atoms with van der Waals surface area (Å²) < 4.78 is 5.47. The summed E-state index contributed by atoms with van der Waals surface area (Å²) in [5.41, 5.74) is 0. The van der Waals surface area contributed by atoms with E-state index in [9.17, 15) is 0 Å². The van der Waals surface area contributed by atoms with E-state index in [0.717, 1.165) is 11.7 Å². The van der Waals surface area contributed by atoms with E-state index >= 15 is 0 Å². The number of aromatic nitrogens is 2. The molecule has 112 valence electrons. The normalized spacial score (nSPS) is 24.3. The Morgan fingerprint density at radius 1 is 1.20 bits per heavy atom. The highest BCUT2D eigenvalue weighted by Crippen LogP contribution is 2.32. The van der Waals surface area contributed by atoms with Gasteiger partial charge in [0.2, 0.25) is 5.89 Å². The highest BCUT2D eigenvalue weighted by atomic mass is 16.5. The molecule has 2 aliphatic rings. The Morgan fingerprint density at radius 2 is 1.90 bits per heavy atom. The van der Waals surface area contributed by atoms with Crippen LogP contribution in [0.5, 0.6) is 0 Å². The van der Waals surface area contributed by atoms with Crippen LogP contribution in [0.1, 0.15) is 69.1 Å². The minimum Gasteiger partial charge on any atom is -0.338 e. The van der Waals surface area contributed by atoms with Crippen molar-refractivity contribution in [2.45, 2.75) is 63.5 Å². The number of nitrogens with one attached hydrogen (secondary N) is 1. The lowest BCUT2D eigenvalue weighted by Gasteiger charge is -2.30. The molecule has 20 heavy (non-hydrogen) atoms. The minimum atomic E-state index is 0.158. The standard InChI is InChI=1S/C15H26N4O/c1-11(16-13-7-9-19(2)10-8-13)15-17-14(18-20-15)12-5-3-4-6-12/h11-13,16H,3-10H2,1-2H3. The van der Waals surface area contributed by atoms with Gasteiger partial charge in [-0.2, -0.15) is 4.98 Å². The molecule has 2 heterocycles. The predicted molar refractivity (Wildman–Crippen MR) is 77.6 cm³/mol. The van der Waals surface area contributed by atoms with Gasteiger partial charge in [0.25, 0.3) is 0 Å². The summed E-state index contributed by atoms with van der Waals surface area (Å²) in [7, 11) is 2.19. The summed E-state index contributed by atoms with van der Waals surface area (Å²) in [6, 6.07) is 0.731. The molecule has 1 N–H and O–H groups in total. The van der Waals surface area contributed by atoms with Gasteiger partial charge in [-0.05, 0) is 52.7 Å². The number of nitrogens with zero attached hydrogens (tertiary/aromatic N) is 3. The minimum absolute atomic E-state index is 0.158. The molecule has 3 rings (SSSR count). The summed E-state index contributed by atoms with van der Waals surface area (Å²) in [6.07, 6.45) is 7.44. The van der Waals surface area contributed by atoms with Gasteiger partial charge >= 0.3 is 0 Å². The molecule has 0 radical (unpaired) electrons. The fourth-order valence-electron chi connectivity index (χ4n) is 3.37. The smallest absolute Gasteiger partial charge is 0.243 e. The van der Waals surface area contributed by atoms with Gasteiger partial charge in [-0.3, -0.25) is 0 Å². The molecular formula is C15H26N4O. The van der Waals surface area contributed by atoms with Gasteiger partial charge in [-0.15, -0.1) is 0 Å². The predicted octanol–water partition coefficient (Wildman–Crippen LogP) is 2.47. The maximum Gasteiger partial charge on any atom is 0.243 e. The first kappa shape index (κ1) is 14.0. The summed E-state index contributed by atoms with van der Waals surface area (Å²) in [6.45, 7) is 4.47. The Morgan fingerprint density at radius 3 is 2.60 bits per heavy atom. The maximum atomic E-state index is 5.47. The van der Waals surface area contributed by atoms with E-state index in [4.69, 9.17) is 4.52 Å². The summed E-state index contributed by atoms with van der Waals surface area (Å²) in [5.74, 6) is 2.21. The number of hydrogen-bond acceptors (Lipinski definition) is 5. The highest BCUT2D eigenvalue weighted by molar-refractivity contribution is 5.00. The van der Waals surface area contributed by atoms with Crippen molar-refractivity contribution in [2.24, 2.45) is 0 Å². The van der Waals surface area contributed by atoms with Crippen LogP contribution in [-0.2, 0) is 0 Å². The van der Waals surface area contributed by atoms with Gasteiger partial charge in [-0.1, -0.05) is 18.0 Å². The van der Waals surface area contributed by atoms with Crippen LogP contribution in [0.4, 0.5) is 0 Å². The number of likely N-dealkylation sites (tertiary alicyclic amines) is 1. The van der Waals surface area contributed by atoms with E-state index < -0.39 is 0 Å². The maximum absolute atomic E-state index is 5.47. The Balaban J connectivity index is 1.55. The van der Waals surface area contributed by atoms with Crippen LogP contribution in [0, 0.1) is 0 Å². The van der Waals surface area contributed by atoms with Crippen LogP contribution in [-0.4, -0.2) is 41.2 Å². The molecule has 1 saturated heterocycles. The Hall–Kier alpha value is -0.940. The average Bonchev–Trinajstić information content (AvgIpc) is 3.11. The van der Waals surface area contributed by atoms with Crippen LogP contribution in [0.25, 0.3) is 0 Å². The molecule has 1 aromatic rings. The zero-order valence-corrected chi connectivity index (χ0v) is 12.6. The van der Waals surface area contributed by atoms with E-state index in [0.29, 0.717) is 12.0 Å². The lowest BCUT2D eigenvalue weighted by molar-refractivity contribution is 0.217. The van der Waals surface area contributed by atoms with Crippen molar-refractivity contribution in [2.75, 3.05) is 20.1 Å². The van der Waals surface area contributed by atoms with Crippen LogP contribution < -0.4 is 5.32 Å². The first-order chi connectivity index (χ1) is 9.72. The third kappa shape index (κ3) is 3.20. The molecule has 1 atom stereocenters.